The minimum absolute atomic E-state index is 0.0634. The number of nitrogens with zero attached hydrogens (tertiary/aromatic N) is 3. The summed E-state index contributed by atoms with van der Waals surface area (Å²) in [4.78, 5) is 6.72. The first-order valence-corrected chi connectivity index (χ1v) is 5.79. The van der Waals surface area contributed by atoms with Crippen molar-refractivity contribution in [1.29, 1.82) is 0 Å². The van der Waals surface area contributed by atoms with Crippen LogP contribution in [0, 0.1) is 0 Å². The molecule has 1 aromatic rings. The van der Waals surface area contributed by atoms with Crippen molar-refractivity contribution in [3.05, 3.63) is 18.2 Å². The molecule has 1 aromatic heterocycles. The van der Waals surface area contributed by atoms with Crippen LogP contribution in [-0.2, 0) is 7.05 Å². The predicted molar refractivity (Wildman–Crippen MR) is 67.4 cm³/mol. The highest BCUT2D eigenvalue weighted by Crippen LogP contribution is 2.31. The Morgan fingerprint density at radius 3 is 2.50 bits per heavy atom. The summed E-state index contributed by atoms with van der Waals surface area (Å²) in [7, 11) is 8.28. The molecule has 4 heteroatoms. The molecule has 1 N–H and O–H groups in total. The average Bonchev–Trinajstić information content (AvgIpc) is 2.65. The molecule has 16 heavy (non-hydrogen) atoms. The zero-order valence-corrected chi connectivity index (χ0v) is 11.3. The summed E-state index contributed by atoms with van der Waals surface area (Å²) in [6.45, 7) is 4.48. The molecular weight excluding hydrogens is 200 g/mol. The topological polar surface area (TPSA) is 33.1 Å². The summed E-state index contributed by atoms with van der Waals surface area (Å²) < 4.78 is 2.08. The molecule has 0 saturated heterocycles. The first-order valence-electron chi connectivity index (χ1n) is 5.79. The molecular formula is C12H24N4. The van der Waals surface area contributed by atoms with E-state index in [9.17, 15) is 0 Å². The summed E-state index contributed by atoms with van der Waals surface area (Å²) in [6.07, 6.45) is 4.91. The highest BCUT2D eigenvalue weighted by molar-refractivity contribution is 5.08. The lowest BCUT2D eigenvalue weighted by atomic mass is 9.87. The van der Waals surface area contributed by atoms with Crippen molar-refractivity contribution in [2.24, 2.45) is 7.05 Å². The number of hydrogen-bond acceptors (Lipinski definition) is 3. The number of hydrogen-bond donors (Lipinski definition) is 1. The van der Waals surface area contributed by atoms with Crippen molar-refractivity contribution >= 4 is 0 Å². The number of aryl methyl sites for hydroxylation is 1. The van der Waals surface area contributed by atoms with Gasteiger partial charge >= 0.3 is 0 Å². The van der Waals surface area contributed by atoms with Crippen molar-refractivity contribution in [3.8, 4) is 0 Å². The number of likely N-dealkylation sites (N-methyl/N-ethyl adjacent to an activating group) is 2. The van der Waals surface area contributed by atoms with Gasteiger partial charge in [-0.2, -0.15) is 0 Å². The Bertz CT molecular complexity index is 332. The maximum absolute atomic E-state index is 4.46. The minimum atomic E-state index is 0.0634. The van der Waals surface area contributed by atoms with E-state index >= 15 is 0 Å². The lowest BCUT2D eigenvalue weighted by Crippen LogP contribution is -2.51. The van der Waals surface area contributed by atoms with Crippen LogP contribution in [0.5, 0.6) is 0 Å². The van der Waals surface area contributed by atoms with Gasteiger partial charge in [-0.1, -0.05) is 6.92 Å². The van der Waals surface area contributed by atoms with Crippen LogP contribution in [0.25, 0.3) is 0 Å². The molecule has 0 amide bonds. The Morgan fingerprint density at radius 2 is 2.19 bits per heavy atom. The lowest BCUT2D eigenvalue weighted by Gasteiger charge is -2.42. The third-order valence-corrected chi connectivity index (χ3v) is 3.76. The summed E-state index contributed by atoms with van der Waals surface area (Å²) in [5, 5.41) is 3.39. The SMILES string of the molecule is CCC(C)(C(NC)c1nccn1C)N(C)C. The largest absolute Gasteiger partial charge is 0.337 e. The monoisotopic (exact) mass is 224 g/mol. The molecule has 0 aliphatic rings. The number of imidazole rings is 1. The van der Waals surface area contributed by atoms with Gasteiger partial charge in [0.15, 0.2) is 0 Å². The van der Waals surface area contributed by atoms with E-state index in [2.05, 4.69) is 47.7 Å². The first-order chi connectivity index (χ1) is 7.47. The van der Waals surface area contributed by atoms with Gasteiger partial charge in [0.05, 0.1) is 6.04 Å². The lowest BCUT2D eigenvalue weighted by molar-refractivity contribution is 0.111. The Labute approximate surface area is 98.7 Å². The summed E-state index contributed by atoms with van der Waals surface area (Å²) in [6, 6.07) is 0.229. The van der Waals surface area contributed by atoms with Crippen LogP contribution in [0.1, 0.15) is 32.1 Å². The van der Waals surface area contributed by atoms with Gasteiger partial charge < -0.3 is 14.8 Å². The molecule has 0 aliphatic heterocycles. The Morgan fingerprint density at radius 1 is 1.56 bits per heavy atom. The minimum Gasteiger partial charge on any atom is -0.337 e. The molecule has 92 valence electrons. The van der Waals surface area contributed by atoms with E-state index in [1.54, 1.807) is 0 Å². The van der Waals surface area contributed by atoms with Crippen LogP contribution in [-0.4, -0.2) is 41.1 Å². The van der Waals surface area contributed by atoms with Gasteiger partial charge in [0.25, 0.3) is 0 Å². The quantitative estimate of drug-likeness (QED) is 0.821. The van der Waals surface area contributed by atoms with Gasteiger partial charge in [-0.15, -0.1) is 0 Å². The van der Waals surface area contributed by atoms with Crippen molar-refractivity contribution < 1.29 is 0 Å². The molecule has 4 nitrogen and oxygen atoms in total. The first kappa shape index (κ1) is 13.2. The second-order valence-corrected chi connectivity index (χ2v) is 4.72. The fourth-order valence-electron chi connectivity index (χ4n) is 2.15. The maximum atomic E-state index is 4.46. The van der Waals surface area contributed by atoms with E-state index in [0.717, 1.165) is 12.2 Å². The average molecular weight is 224 g/mol. The fourth-order valence-corrected chi connectivity index (χ4v) is 2.15. The van der Waals surface area contributed by atoms with Crippen LogP contribution >= 0.6 is 0 Å². The zero-order valence-electron chi connectivity index (χ0n) is 11.3. The van der Waals surface area contributed by atoms with Crippen molar-refractivity contribution in [3.63, 3.8) is 0 Å². The normalized spacial score (nSPS) is 17.4. The van der Waals surface area contributed by atoms with Crippen molar-refractivity contribution in [2.75, 3.05) is 21.1 Å². The van der Waals surface area contributed by atoms with Crippen LogP contribution in [0.3, 0.4) is 0 Å². The summed E-state index contributed by atoms with van der Waals surface area (Å²) in [5.74, 6) is 1.08. The Kier molecular flexibility index (Phi) is 4.10. The van der Waals surface area contributed by atoms with E-state index in [1.807, 2.05) is 26.5 Å². The molecule has 0 bridgehead atoms. The van der Waals surface area contributed by atoms with E-state index in [0.29, 0.717) is 0 Å². The van der Waals surface area contributed by atoms with Gasteiger partial charge in [0.2, 0.25) is 0 Å². The molecule has 1 heterocycles. The van der Waals surface area contributed by atoms with Crippen LogP contribution < -0.4 is 5.32 Å². The fraction of sp³-hybridized carbons (Fsp3) is 0.750. The highest BCUT2D eigenvalue weighted by Gasteiger charge is 2.36. The molecule has 0 saturated carbocycles. The highest BCUT2D eigenvalue weighted by atomic mass is 15.2. The molecule has 0 aromatic carbocycles. The standard InChI is InChI=1S/C12H24N4/c1-7-12(2,15(4)5)10(13-3)11-14-8-9-16(11)6/h8-10,13H,7H2,1-6H3. The zero-order chi connectivity index (χ0) is 12.3. The Balaban J connectivity index is 3.11. The summed E-state index contributed by atoms with van der Waals surface area (Å²) in [5.41, 5.74) is 0.0634. The van der Waals surface area contributed by atoms with Gasteiger partial charge in [-0.05, 0) is 34.5 Å². The van der Waals surface area contributed by atoms with Gasteiger partial charge in [0.1, 0.15) is 5.82 Å². The Hall–Kier alpha value is -0.870. The van der Waals surface area contributed by atoms with Crippen molar-refractivity contribution in [2.45, 2.75) is 31.8 Å². The third-order valence-electron chi connectivity index (χ3n) is 3.76. The van der Waals surface area contributed by atoms with E-state index in [4.69, 9.17) is 0 Å². The second-order valence-electron chi connectivity index (χ2n) is 4.72. The predicted octanol–water partition coefficient (Wildman–Crippen LogP) is 1.41. The van der Waals surface area contributed by atoms with Crippen molar-refractivity contribution in [1.82, 2.24) is 19.8 Å². The molecule has 2 unspecified atom stereocenters. The van der Waals surface area contributed by atoms with E-state index in [-0.39, 0.29) is 11.6 Å². The molecule has 0 fully saturated rings. The molecule has 2 atom stereocenters. The number of rotatable bonds is 5. The van der Waals surface area contributed by atoms with E-state index in [1.165, 1.54) is 0 Å². The summed E-state index contributed by atoms with van der Waals surface area (Å²) >= 11 is 0. The smallest absolute Gasteiger partial charge is 0.127 e. The number of aromatic nitrogens is 2. The van der Waals surface area contributed by atoms with Gasteiger partial charge in [0, 0.05) is 25.0 Å². The van der Waals surface area contributed by atoms with E-state index < -0.39 is 0 Å². The maximum Gasteiger partial charge on any atom is 0.127 e. The van der Waals surface area contributed by atoms with Gasteiger partial charge in [-0.25, -0.2) is 4.98 Å². The number of nitrogens with one attached hydrogen (secondary N) is 1. The third kappa shape index (κ3) is 2.13. The molecule has 0 aliphatic carbocycles. The molecule has 0 radical (unpaired) electrons. The second kappa shape index (κ2) is 4.97. The molecule has 0 spiro atoms. The van der Waals surface area contributed by atoms with Crippen LogP contribution in [0.2, 0.25) is 0 Å². The van der Waals surface area contributed by atoms with Gasteiger partial charge in [-0.3, -0.25) is 0 Å². The molecule has 1 rings (SSSR count). The van der Waals surface area contributed by atoms with Crippen LogP contribution in [0.4, 0.5) is 0 Å². The van der Waals surface area contributed by atoms with Crippen LogP contribution in [0.15, 0.2) is 12.4 Å².